The van der Waals surface area contributed by atoms with Gasteiger partial charge in [-0.2, -0.15) is 0 Å². The first kappa shape index (κ1) is 19.4. The molecular weight excluding hydrogens is 378 g/mol. The molecule has 0 aliphatic heterocycles. The minimum atomic E-state index is -0.577. The lowest BCUT2D eigenvalue weighted by Gasteiger charge is -2.09. The fourth-order valence-electron chi connectivity index (χ4n) is 1.98. The van der Waals surface area contributed by atoms with Gasteiger partial charge in [0, 0.05) is 11.1 Å². The van der Waals surface area contributed by atoms with Gasteiger partial charge in [0.15, 0.2) is 5.11 Å². The maximum absolute atomic E-state index is 11.9. The summed E-state index contributed by atoms with van der Waals surface area (Å²) in [6, 6.07) is 11.3. The van der Waals surface area contributed by atoms with Crippen molar-refractivity contribution in [1.29, 1.82) is 0 Å². The maximum Gasteiger partial charge on any atom is 0.296 e. The van der Waals surface area contributed by atoms with Crippen molar-refractivity contribution in [1.82, 2.24) is 5.32 Å². The second-order valence-electron chi connectivity index (χ2n) is 4.94. The molecule has 9 heteroatoms. The average Bonchev–Trinajstić information content (AvgIpc) is 2.61. The van der Waals surface area contributed by atoms with E-state index in [1.165, 1.54) is 37.5 Å². The molecule has 0 saturated heterocycles. The number of nitrogens with one attached hydrogen (secondary N) is 2. The van der Waals surface area contributed by atoms with Crippen LogP contribution in [0.2, 0.25) is 5.02 Å². The highest BCUT2D eigenvalue weighted by molar-refractivity contribution is 7.80. The summed E-state index contributed by atoms with van der Waals surface area (Å²) in [4.78, 5) is 22.5. The van der Waals surface area contributed by atoms with Gasteiger partial charge in [0.25, 0.3) is 5.69 Å². The topological polar surface area (TPSA) is 93.5 Å². The van der Waals surface area contributed by atoms with Crippen LogP contribution in [0.25, 0.3) is 6.08 Å². The first-order valence-corrected chi connectivity index (χ1v) is 8.06. The van der Waals surface area contributed by atoms with E-state index in [2.05, 4.69) is 10.6 Å². The third-order valence-electron chi connectivity index (χ3n) is 3.21. The molecule has 26 heavy (non-hydrogen) atoms. The first-order valence-electron chi connectivity index (χ1n) is 7.27. The number of halogens is 1. The van der Waals surface area contributed by atoms with E-state index in [0.29, 0.717) is 16.3 Å². The summed E-state index contributed by atoms with van der Waals surface area (Å²) >= 11 is 11.0. The standard InChI is InChI=1S/C17H14ClN3O4S/c1-25-12-7-8-14(15(10-12)21(23)24)19-17(26)20-16(22)9-6-11-4-2-3-5-13(11)18/h2-10H,1H3,(H2,19,20,22,26)/b9-6+. The Bertz CT molecular complexity index is 886. The van der Waals surface area contributed by atoms with Crippen LogP contribution in [0.1, 0.15) is 5.56 Å². The quantitative estimate of drug-likeness (QED) is 0.348. The Morgan fingerprint density at radius 3 is 2.69 bits per heavy atom. The van der Waals surface area contributed by atoms with Crippen LogP contribution in [-0.2, 0) is 4.79 Å². The maximum atomic E-state index is 11.9. The fourth-order valence-corrected chi connectivity index (χ4v) is 2.39. The van der Waals surface area contributed by atoms with E-state index in [0.717, 1.165) is 0 Å². The molecule has 1 amide bonds. The van der Waals surface area contributed by atoms with Crippen LogP contribution in [0, 0.1) is 10.1 Å². The number of carbonyl (C=O) groups is 1. The molecule has 2 aromatic rings. The molecule has 0 aliphatic carbocycles. The third kappa shape index (κ3) is 5.27. The molecule has 7 nitrogen and oxygen atoms in total. The smallest absolute Gasteiger partial charge is 0.296 e. The van der Waals surface area contributed by atoms with Crippen LogP contribution >= 0.6 is 23.8 Å². The van der Waals surface area contributed by atoms with Gasteiger partial charge in [-0.15, -0.1) is 0 Å². The molecule has 0 saturated carbocycles. The number of nitro groups is 1. The number of amides is 1. The van der Waals surface area contributed by atoms with E-state index in [1.807, 2.05) is 0 Å². The van der Waals surface area contributed by atoms with Crippen molar-refractivity contribution in [2.24, 2.45) is 0 Å². The van der Waals surface area contributed by atoms with Gasteiger partial charge in [-0.25, -0.2) is 0 Å². The van der Waals surface area contributed by atoms with E-state index in [1.54, 1.807) is 24.3 Å². The van der Waals surface area contributed by atoms with Gasteiger partial charge in [0.1, 0.15) is 11.4 Å². The zero-order chi connectivity index (χ0) is 19.1. The Balaban J connectivity index is 2.03. The first-order chi connectivity index (χ1) is 12.4. The van der Waals surface area contributed by atoms with Gasteiger partial charge in [0.05, 0.1) is 18.1 Å². The normalized spacial score (nSPS) is 10.4. The van der Waals surface area contributed by atoms with Gasteiger partial charge in [-0.3, -0.25) is 20.2 Å². The number of methoxy groups -OCH3 is 1. The van der Waals surface area contributed by atoms with Gasteiger partial charge in [0.2, 0.25) is 5.91 Å². The highest BCUT2D eigenvalue weighted by Crippen LogP contribution is 2.28. The Kier molecular flexibility index (Phi) is 6.65. The summed E-state index contributed by atoms with van der Waals surface area (Å²) in [5.41, 5.74) is 0.581. The Morgan fingerprint density at radius 2 is 2.04 bits per heavy atom. The molecule has 0 atom stereocenters. The van der Waals surface area contributed by atoms with E-state index in [9.17, 15) is 14.9 Å². The second kappa shape index (κ2) is 8.93. The second-order valence-corrected chi connectivity index (χ2v) is 5.75. The zero-order valence-corrected chi connectivity index (χ0v) is 15.1. The molecule has 0 aliphatic rings. The van der Waals surface area contributed by atoms with Crippen LogP contribution in [0.15, 0.2) is 48.5 Å². The van der Waals surface area contributed by atoms with Crippen molar-refractivity contribution in [2.75, 3.05) is 12.4 Å². The summed E-state index contributed by atoms with van der Waals surface area (Å²) < 4.78 is 4.96. The lowest BCUT2D eigenvalue weighted by Crippen LogP contribution is -2.33. The largest absolute Gasteiger partial charge is 0.496 e. The van der Waals surface area contributed by atoms with Crippen molar-refractivity contribution in [3.8, 4) is 5.75 Å². The van der Waals surface area contributed by atoms with Crippen molar-refractivity contribution in [3.63, 3.8) is 0 Å². The number of anilines is 1. The van der Waals surface area contributed by atoms with Crippen LogP contribution in [0.5, 0.6) is 5.75 Å². The van der Waals surface area contributed by atoms with Crippen LogP contribution in [0.3, 0.4) is 0 Å². The third-order valence-corrected chi connectivity index (χ3v) is 3.75. The lowest BCUT2D eigenvalue weighted by atomic mass is 10.2. The fraction of sp³-hybridized carbons (Fsp3) is 0.0588. The van der Waals surface area contributed by atoms with E-state index in [-0.39, 0.29) is 16.5 Å². The number of hydrogen-bond donors (Lipinski definition) is 2. The predicted octanol–water partition coefficient (Wildman–Crippen LogP) is 3.78. The van der Waals surface area contributed by atoms with Gasteiger partial charge < -0.3 is 10.1 Å². The van der Waals surface area contributed by atoms with Crippen molar-refractivity contribution in [2.45, 2.75) is 0 Å². The molecule has 2 N–H and O–H groups in total. The number of hydrogen-bond acceptors (Lipinski definition) is 5. The van der Waals surface area contributed by atoms with Gasteiger partial charge in [-0.05, 0) is 42.1 Å². The SMILES string of the molecule is COc1ccc(NC(=S)NC(=O)/C=C/c2ccccc2Cl)c([N+](=O)[O-])c1. The summed E-state index contributed by atoms with van der Waals surface area (Å²) in [5, 5.41) is 16.6. The minimum absolute atomic E-state index is 0.0768. The highest BCUT2D eigenvalue weighted by atomic mass is 35.5. The number of nitro benzene ring substituents is 1. The Morgan fingerprint density at radius 1 is 1.31 bits per heavy atom. The molecule has 0 bridgehead atoms. The summed E-state index contributed by atoms with van der Waals surface area (Å²) in [5.74, 6) is -0.168. The number of benzene rings is 2. The number of rotatable bonds is 5. The summed E-state index contributed by atoms with van der Waals surface area (Å²) in [6.45, 7) is 0. The Labute approximate surface area is 159 Å². The molecule has 0 fully saturated rings. The molecule has 134 valence electrons. The predicted molar refractivity (Wildman–Crippen MR) is 104 cm³/mol. The Hall–Kier alpha value is -2.97. The van der Waals surface area contributed by atoms with Crippen LogP contribution in [-0.4, -0.2) is 23.1 Å². The van der Waals surface area contributed by atoms with Crippen LogP contribution < -0.4 is 15.4 Å². The molecule has 2 aromatic carbocycles. The van der Waals surface area contributed by atoms with Crippen molar-refractivity contribution in [3.05, 3.63) is 69.2 Å². The molecule has 2 rings (SSSR count). The highest BCUT2D eigenvalue weighted by Gasteiger charge is 2.16. The molecule has 0 spiro atoms. The molecule has 0 aromatic heterocycles. The summed E-state index contributed by atoms with van der Waals surface area (Å²) in [6.07, 6.45) is 2.80. The number of nitrogens with zero attached hydrogens (tertiary/aromatic N) is 1. The van der Waals surface area contributed by atoms with E-state index < -0.39 is 10.8 Å². The lowest BCUT2D eigenvalue weighted by molar-refractivity contribution is -0.384. The van der Waals surface area contributed by atoms with Crippen molar-refractivity contribution < 1.29 is 14.5 Å². The molecule has 0 radical (unpaired) electrons. The molecular formula is C17H14ClN3O4S. The number of thiocarbonyl (C=S) groups is 1. The van der Waals surface area contributed by atoms with E-state index in [4.69, 9.17) is 28.6 Å². The zero-order valence-electron chi connectivity index (χ0n) is 13.6. The van der Waals surface area contributed by atoms with Crippen LogP contribution in [0.4, 0.5) is 11.4 Å². The van der Waals surface area contributed by atoms with E-state index >= 15 is 0 Å². The summed E-state index contributed by atoms with van der Waals surface area (Å²) in [7, 11) is 1.41. The number of ether oxygens (including phenoxy) is 1. The average molecular weight is 392 g/mol. The number of carbonyl (C=O) groups excluding carboxylic acids is 1. The van der Waals surface area contributed by atoms with Gasteiger partial charge >= 0.3 is 0 Å². The molecule has 0 unspecified atom stereocenters. The molecule has 0 heterocycles. The van der Waals surface area contributed by atoms with Gasteiger partial charge in [-0.1, -0.05) is 29.8 Å². The van der Waals surface area contributed by atoms with Crippen molar-refractivity contribution >= 4 is 52.3 Å². The monoisotopic (exact) mass is 391 g/mol. The minimum Gasteiger partial charge on any atom is -0.496 e.